The Morgan fingerprint density at radius 2 is 1.53 bits per heavy atom. The van der Waals surface area contributed by atoms with Gasteiger partial charge in [-0.05, 0) is 19.8 Å². The molecule has 16 nitrogen and oxygen atoms in total. The minimum Gasteiger partial charge on any atom is -0.480 e. The van der Waals surface area contributed by atoms with Gasteiger partial charge in [0.25, 0.3) is 0 Å². The van der Waals surface area contributed by atoms with Crippen molar-refractivity contribution in [3.05, 3.63) is 18.2 Å². The molecule has 0 aliphatic carbocycles. The number of nitrogens with one attached hydrogen (secondary N) is 4. The average molecular weight is 513 g/mol. The Balaban J connectivity index is 3.01. The number of hydrogen-bond acceptors (Lipinski definition) is 9. The summed E-state index contributed by atoms with van der Waals surface area (Å²) in [5, 5.41) is 26.3. The number of aliphatic carboxylic acids is 1. The standard InChI is InChI=1S/C20H32N8O8/c1-9(29)16(28-17(32)11(21)2-4-14(22)30)19(34)27-13(6-10-7-24-8-25-10)18(33)26-12(20(35)36)3-5-15(23)31/h7-9,11-13,16,29H,2-6,21H2,1H3,(H2,22,30)(H2,23,31)(H,24,25)(H,26,33)(H,27,34)(H,28,32)(H,35,36). The highest BCUT2D eigenvalue weighted by Gasteiger charge is 2.32. The summed E-state index contributed by atoms with van der Waals surface area (Å²) in [6, 6.07) is -5.58. The van der Waals surface area contributed by atoms with E-state index in [4.69, 9.17) is 17.2 Å². The van der Waals surface area contributed by atoms with E-state index in [1.165, 1.54) is 19.4 Å². The maximum absolute atomic E-state index is 12.9. The van der Waals surface area contributed by atoms with Gasteiger partial charge in [0, 0.05) is 31.2 Å². The lowest BCUT2D eigenvalue weighted by Crippen LogP contribution is -2.60. The maximum Gasteiger partial charge on any atom is 0.326 e. The Morgan fingerprint density at radius 1 is 0.944 bits per heavy atom. The van der Waals surface area contributed by atoms with Crippen molar-refractivity contribution in [2.24, 2.45) is 17.2 Å². The molecule has 5 atom stereocenters. The van der Waals surface area contributed by atoms with Crippen molar-refractivity contribution < 1.29 is 39.0 Å². The molecule has 1 rings (SSSR count). The van der Waals surface area contributed by atoms with E-state index in [2.05, 4.69) is 25.9 Å². The number of rotatable bonds is 16. The summed E-state index contributed by atoms with van der Waals surface area (Å²) in [6.45, 7) is 1.22. The van der Waals surface area contributed by atoms with Crippen molar-refractivity contribution in [1.82, 2.24) is 25.9 Å². The molecule has 5 unspecified atom stereocenters. The number of hydrogen-bond donors (Lipinski definition) is 9. The molecule has 1 aromatic rings. The first kappa shape index (κ1) is 30.0. The van der Waals surface area contributed by atoms with Gasteiger partial charge in [0.05, 0.1) is 18.5 Å². The number of carboxylic acid groups (broad SMARTS) is 1. The van der Waals surface area contributed by atoms with Crippen LogP contribution in [0, 0.1) is 0 Å². The van der Waals surface area contributed by atoms with Gasteiger partial charge < -0.3 is 48.3 Å². The van der Waals surface area contributed by atoms with Crippen LogP contribution in [0.15, 0.2) is 12.5 Å². The third kappa shape index (κ3) is 10.5. The van der Waals surface area contributed by atoms with Crippen LogP contribution in [0.3, 0.4) is 0 Å². The highest BCUT2D eigenvalue weighted by atomic mass is 16.4. The topological polar surface area (TPSA) is 286 Å². The van der Waals surface area contributed by atoms with Crippen molar-refractivity contribution in [2.45, 2.75) is 69.3 Å². The molecule has 1 heterocycles. The van der Waals surface area contributed by atoms with Gasteiger partial charge in [-0.3, -0.25) is 24.0 Å². The van der Waals surface area contributed by atoms with Gasteiger partial charge in [-0.15, -0.1) is 0 Å². The smallest absolute Gasteiger partial charge is 0.326 e. The molecule has 0 radical (unpaired) electrons. The summed E-state index contributed by atoms with van der Waals surface area (Å²) in [5.74, 6) is -5.58. The van der Waals surface area contributed by atoms with Gasteiger partial charge in [-0.25, -0.2) is 9.78 Å². The number of aliphatic hydroxyl groups is 1. The molecule has 0 aromatic carbocycles. The normalized spacial score (nSPS) is 15.0. The number of carbonyl (C=O) groups is 6. The largest absolute Gasteiger partial charge is 0.480 e. The van der Waals surface area contributed by atoms with E-state index in [-0.39, 0.29) is 32.1 Å². The first-order chi connectivity index (χ1) is 16.8. The molecule has 12 N–H and O–H groups in total. The number of carbonyl (C=O) groups excluding carboxylic acids is 5. The number of aliphatic hydroxyl groups excluding tert-OH is 1. The van der Waals surface area contributed by atoms with Crippen molar-refractivity contribution >= 4 is 35.5 Å². The molecule has 1 aromatic heterocycles. The minimum atomic E-state index is -1.54. The van der Waals surface area contributed by atoms with Crippen LogP contribution in [0.4, 0.5) is 0 Å². The van der Waals surface area contributed by atoms with E-state index in [0.717, 1.165) is 0 Å². The fraction of sp³-hybridized carbons (Fsp3) is 0.550. The van der Waals surface area contributed by atoms with E-state index in [9.17, 15) is 39.0 Å². The van der Waals surface area contributed by atoms with Gasteiger partial charge in [-0.1, -0.05) is 0 Å². The van der Waals surface area contributed by atoms with Gasteiger partial charge in [0.2, 0.25) is 29.5 Å². The Labute approximate surface area is 205 Å². The Kier molecular flexibility index (Phi) is 12.0. The second kappa shape index (κ2) is 14.4. The first-order valence-electron chi connectivity index (χ1n) is 10.9. The summed E-state index contributed by atoms with van der Waals surface area (Å²) >= 11 is 0. The second-order valence-electron chi connectivity index (χ2n) is 8.08. The Bertz CT molecular complexity index is 936. The number of carboxylic acids is 1. The van der Waals surface area contributed by atoms with E-state index in [1.807, 2.05) is 0 Å². The minimum absolute atomic E-state index is 0.0952. The van der Waals surface area contributed by atoms with Crippen molar-refractivity contribution in [1.29, 1.82) is 0 Å². The average Bonchev–Trinajstić information content (AvgIpc) is 3.30. The fourth-order valence-corrected chi connectivity index (χ4v) is 3.00. The molecule has 0 bridgehead atoms. The quantitative estimate of drug-likeness (QED) is 0.103. The molecule has 0 saturated carbocycles. The zero-order chi connectivity index (χ0) is 27.4. The molecule has 0 aliphatic rings. The number of nitrogens with zero attached hydrogens (tertiary/aromatic N) is 1. The van der Waals surface area contributed by atoms with Crippen LogP contribution in [0.5, 0.6) is 0 Å². The highest BCUT2D eigenvalue weighted by molar-refractivity contribution is 5.94. The summed E-state index contributed by atoms with van der Waals surface area (Å²) in [7, 11) is 0. The molecule has 0 aliphatic heterocycles. The second-order valence-corrected chi connectivity index (χ2v) is 8.08. The molecule has 16 heteroatoms. The Morgan fingerprint density at radius 3 is 2.03 bits per heavy atom. The number of aromatic nitrogens is 2. The summed E-state index contributed by atoms with van der Waals surface area (Å²) < 4.78 is 0. The fourth-order valence-electron chi connectivity index (χ4n) is 3.00. The molecule has 0 saturated heterocycles. The van der Waals surface area contributed by atoms with Crippen LogP contribution in [0.2, 0.25) is 0 Å². The summed E-state index contributed by atoms with van der Waals surface area (Å²) in [5.41, 5.74) is 16.2. The van der Waals surface area contributed by atoms with Crippen LogP contribution in [-0.4, -0.2) is 86.0 Å². The van der Waals surface area contributed by atoms with Crippen molar-refractivity contribution in [3.63, 3.8) is 0 Å². The third-order valence-electron chi connectivity index (χ3n) is 5.01. The van der Waals surface area contributed by atoms with Crippen molar-refractivity contribution in [2.75, 3.05) is 0 Å². The van der Waals surface area contributed by atoms with Crippen molar-refractivity contribution in [3.8, 4) is 0 Å². The van der Waals surface area contributed by atoms with E-state index in [1.54, 1.807) is 0 Å². The monoisotopic (exact) mass is 512 g/mol. The van der Waals surface area contributed by atoms with Gasteiger partial charge >= 0.3 is 5.97 Å². The lowest BCUT2D eigenvalue weighted by molar-refractivity contribution is -0.142. The SMILES string of the molecule is CC(O)C(NC(=O)C(N)CCC(N)=O)C(=O)NC(Cc1cnc[nH]1)C(=O)NC(CCC(N)=O)C(=O)O. The molecular formula is C20H32N8O8. The summed E-state index contributed by atoms with van der Waals surface area (Å²) in [4.78, 5) is 78.1. The lowest BCUT2D eigenvalue weighted by atomic mass is 10.1. The summed E-state index contributed by atoms with van der Waals surface area (Å²) in [6.07, 6.45) is 0.270. The molecule has 0 fully saturated rings. The maximum atomic E-state index is 12.9. The van der Waals surface area contributed by atoms with Gasteiger partial charge in [0.15, 0.2) is 0 Å². The van der Waals surface area contributed by atoms with Crippen LogP contribution in [0.25, 0.3) is 0 Å². The molecular weight excluding hydrogens is 480 g/mol. The lowest BCUT2D eigenvalue weighted by Gasteiger charge is -2.26. The number of primary amides is 2. The number of imidazole rings is 1. The van der Waals surface area contributed by atoms with Gasteiger partial charge in [0.1, 0.15) is 18.1 Å². The van der Waals surface area contributed by atoms with Crippen LogP contribution in [-0.2, 0) is 35.2 Å². The predicted octanol–water partition coefficient (Wildman–Crippen LogP) is -4.27. The molecule has 0 spiro atoms. The molecule has 36 heavy (non-hydrogen) atoms. The van der Waals surface area contributed by atoms with Gasteiger partial charge in [-0.2, -0.15) is 0 Å². The van der Waals surface area contributed by atoms with Crippen LogP contribution in [0.1, 0.15) is 38.3 Å². The predicted molar refractivity (Wildman–Crippen MR) is 122 cm³/mol. The number of nitrogens with two attached hydrogens (primary N) is 3. The van der Waals surface area contributed by atoms with E-state index < -0.39 is 65.8 Å². The number of amides is 5. The highest BCUT2D eigenvalue weighted by Crippen LogP contribution is 2.05. The number of aromatic amines is 1. The number of H-pyrrole nitrogens is 1. The Hall–Kier alpha value is -4.05. The van der Waals surface area contributed by atoms with E-state index in [0.29, 0.717) is 5.69 Å². The van der Waals surface area contributed by atoms with Crippen LogP contribution < -0.4 is 33.2 Å². The zero-order valence-corrected chi connectivity index (χ0v) is 19.6. The molecule has 5 amide bonds. The zero-order valence-electron chi connectivity index (χ0n) is 19.6. The van der Waals surface area contributed by atoms with Crippen LogP contribution >= 0.6 is 0 Å². The third-order valence-corrected chi connectivity index (χ3v) is 5.01. The van der Waals surface area contributed by atoms with E-state index >= 15 is 0 Å². The first-order valence-corrected chi connectivity index (χ1v) is 10.9. The molecule has 200 valence electrons.